The van der Waals surface area contributed by atoms with Crippen molar-refractivity contribution in [3.8, 4) is 0 Å². The van der Waals surface area contributed by atoms with Gasteiger partial charge in [-0.1, -0.05) is 13.8 Å². The van der Waals surface area contributed by atoms with Gasteiger partial charge >= 0.3 is 5.97 Å². The Morgan fingerprint density at radius 2 is 2.10 bits per heavy atom. The minimum atomic E-state index is -1.11. The molecule has 6 rings (SSSR count). The van der Waals surface area contributed by atoms with Crippen LogP contribution in [0.5, 0.6) is 0 Å². The van der Waals surface area contributed by atoms with Gasteiger partial charge in [-0.05, 0) is 29.2 Å². The number of β-lactam (4-membered cyclic amide) rings is 1. The van der Waals surface area contributed by atoms with E-state index in [-0.39, 0.29) is 70.8 Å². The van der Waals surface area contributed by atoms with Crippen LogP contribution in [0.3, 0.4) is 0 Å². The zero-order valence-electron chi connectivity index (χ0n) is 22.1. The van der Waals surface area contributed by atoms with Crippen molar-refractivity contribution in [1.29, 1.82) is 0 Å². The van der Waals surface area contributed by atoms with E-state index in [0.717, 1.165) is 32.6 Å². The van der Waals surface area contributed by atoms with Crippen LogP contribution in [0.2, 0.25) is 0 Å². The molecule has 0 bridgehead atoms. The van der Waals surface area contributed by atoms with Gasteiger partial charge in [0.25, 0.3) is 0 Å². The molecule has 0 aromatic carbocycles. The second kappa shape index (κ2) is 9.97. The first kappa shape index (κ1) is 26.4. The smallest absolute Gasteiger partial charge is 0.353 e. The van der Waals surface area contributed by atoms with Crippen LogP contribution in [-0.4, -0.2) is 109 Å². The topological polar surface area (TPSA) is 163 Å². The summed E-state index contributed by atoms with van der Waals surface area (Å²) < 4.78 is 1.35. The zero-order chi connectivity index (χ0) is 27.5. The molecule has 6 atom stereocenters. The first-order chi connectivity index (χ1) is 18.7. The summed E-state index contributed by atoms with van der Waals surface area (Å²) >= 11 is 1.49. The van der Waals surface area contributed by atoms with Crippen molar-refractivity contribution in [3.63, 3.8) is 0 Å². The van der Waals surface area contributed by atoms with E-state index < -0.39 is 11.9 Å². The molecular formula is C25H34N8O5S. The van der Waals surface area contributed by atoms with E-state index in [1.807, 2.05) is 18.7 Å². The number of carboxylic acids is 1. The van der Waals surface area contributed by atoms with E-state index in [2.05, 4.69) is 26.2 Å². The van der Waals surface area contributed by atoms with Crippen LogP contribution < -0.4 is 10.6 Å². The van der Waals surface area contributed by atoms with E-state index in [0.29, 0.717) is 17.9 Å². The maximum atomic E-state index is 13.2. The lowest BCUT2D eigenvalue weighted by Crippen LogP contribution is -2.62. The largest absolute Gasteiger partial charge is 0.477 e. The van der Waals surface area contributed by atoms with Gasteiger partial charge < -0.3 is 25.5 Å². The summed E-state index contributed by atoms with van der Waals surface area (Å²) in [5.74, 6) is -2.14. The van der Waals surface area contributed by atoms with Crippen molar-refractivity contribution in [1.82, 2.24) is 40.6 Å². The van der Waals surface area contributed by atoms with Crippen LogP contribution in [0.25, 0.3) is 0 Å². The number of thioether (sulfide) groups is 1. The lowest BCUT2D eigenvalue weighted by Gasteiger charge is -2.47. The van der Waals surface area contributed by atoms with Gasteiger partial charge in [0.15, 0.2) is 5.78 Å². The zero-order valence-corrected chi connectivity index (χ0v) is 22.9. The Bertz CT molecular complexity index is 1220. The Hall–Kier alpha value is -2.84. The summed E-state index contributed by atoms with van der Waals surface area (Å²) in [7, 11) is 0. The first-order valence-electron chi connectivity index (χ1n) is 13.6. The molecule has 210 valence electrons. The SMILES string of the molecule is CC(CC(=O)Cn1cnnn1)[C@H]1C(=O)N2C(C(=O)O)=C(S[C@@H]3CN[C@H](C(=O)N4CCC5(CNC5)C4)C3)[C@H](C)[C@H]12. The number of likely N-dealkylation sites (tertiary alicyclic amines) is 1. The van der Waals surface area contributed by atoms with Gasteiger partial charge in [0.2, 0.25) is 11.8 Å². The molecule has 0 aliphatic carbocycles. The lowest BCUT2D eigenvalue weighted by molar-refractivity contribution is -0.160. The van der Waals surface area contributed by atoms with Crippen molar-refractivity contribution >= 4 is 35.3 Å². The number of carbonyl (C=O) groups is 4. The Labute approximate surface area is 230 Å². The molecule has 1 aromatic rings. The molecule has 6 heterocycles. The highest BCUT2D eigenvalue weighted by Crippen LogP contribution is 2.53. The van der Waals surface area contributed by atoms with E-state index in [9.17, 15) is 24.3 Å². The summed E-state index contributed by atoms with van der Waals surface area (Å²) in [4.78, 5) is 55.4. The number of aliphatic carboxylic acids is 1. The number of hydrogen-bond acceptors (Lipinski definition) is 10. The molecule has 14 heteroatoms. The first-order valence-corrected chi connectivity index (χ1v) is 14.5. The molecule has 1 spiro atoms. The summed E-state index contributed by atoms with van der Waals surface area (Å²) in [6.07, 6.45) is 3.21. The Morgan fingerprint density at radius 3 is 2.74 bits per heavy atom. The number of amides is 2. The fourth-order valence-electron chi connectivity index (χ4n) is 7.02. The van der Waals surface area contributed by atoms with Gasteiger partial charge in [0.1, 0.15) is 18.6 Å². The van der Waals surface area contributed by atoms with E-state index in [1.54, 1.807) is 0 Å². The Kier molecular flexibility index (Phi) is 6.74. The van der Waals surface area contributed by atoms with Crippen LogP contribution in [0.15, 0.2) is 16.9 Å². The second-order valence-electron chi connectivity index (χ2n) is 11.8. The van der Waals surface area contributed by atoms with E-state index in [1.165, 1.54) is 27.7 Å². The minimum Gasteiger partial charge on any atom is -0.477 e. The molecular weight excluding hydrogens is 524 g/mol. The monoisotopic (exact) mass is 558 g/mol. The quantitative estimate of drug-likeness (QED) is 0.329. The Balaban J connectivity index is 1.09. The number of ketones is 1. The van der Waals surface area contributed by atoms with Crippen molar-refractivity contribution in [2.24, 2.45) is 23.2 Å². The molecule has 1 aromatic heterocycles. The minimum absolute atomic E-state index is 0.0335. The van der Waals surface area contributed by atoms with Crippen molar-refractivity contribution in [2.45, 2.75) is 57.0 Å². The number of nitrogens with zero attached hydrogens (tertiary/aromatic N) is 6. The molecule has 13 nitrogen and oxygen atoms in total. The molecule has 39 heavy (non-hydrogen) atoms. The average Bonchev–Trinajstić information content (AvgIpc) is 3.65. The second-order valence-corrected chi connectivity index (χ2v) is 13.2. The van der Waals surface area contributed by atoms with Gasteiger partial charge in [0, 0.05) is 60.6 Å². The fraction of sp³-hybridized carbons (Fsp3) is 0.720. The van der Waals surface area contributed by atoms with Crippen molar-refractivity contribution in [2.75, 3.05) is 32.7 Å². The average molecular weight is 559 g/mol. The third-order valence-corrected chi connectivity index (χ3v) is 10.6. The number of tetrazole rings is 1. The number of rotatable bonds is 9. The van der Waals surface area contributed by atoms with Crippen LogP contribution in [-0.2, 0) is 25.7 Å². The molecule has 0 radical (unpaired) electrons. The van der Waals surface area contributed by atoms with Crippen molar-refractivity contribution < 1.29 is 24.3 Å². The number of hydrogen-bond donors (Lipinski definition) is 3. The lowest BCUT2D eigenvalue weighted by atomic mass is 9.73. The number of Topliss-reactive ketones (excluding diaryl/α,β-unsaturated/α-hetero) is 1. The third-order valence-electron chi connectivity index (χ3n) is 9.12. The van der Waals surface area contributed by atoms with Gasteiger partial charge in [-0.25, -0.2) is 9.48 Å². The number of nitrogens with one attached hydrogen (secondary N) is 2. The standard InChI is InChI=1S/C25H34N8O5S/c1-13(5-15(34)8-32-12-28-29-30-32)18-19-14(2)21(20(24(37)38)33(19)23(18)36)39-16-6-17(27-7-16)22(35)31-4-3-25(11-31)9-26-10-25/h12-14,16-19,26-27H,3-11H2,1-2H3,(H,37,38)/t13?,14-,16+,17+,18-,19-/m1/s1. The predicted octanol–water partition coefficient (Wildman–Crippen LogP) is -0.673. The van der Waals surface area contributed by atoms with E-state index >= 15 is 0 Å². The number of carbonyl (C=O) groups excluding carboxylic acids is 3. The normalized spacial score (nSPS) is 31.8. The predicted molar refractivity (Wildman–Crippen MR) is 139 cm³/mol. The summed E-state index contributed by atoms with van der Waals surface area (Å²) in [5, 5.41) is 27.6. The summed E-state index contributed by atoms with van der Waals surface area (Å²) in [5.41, 5.74) is 0.300. The molecule has 1 unspecified atom stereocenters. The molecule has 0 saturated carbocycles. The van der Waals surface area contributed by atoms with Crippen LogP contribution in [0.4, 0.5) is 0 Å². The highest BCUT2D eigenvalue weighted by molar-refractivity contribution is 8.03. The maximum Gasteiger partial charge on any atom is 0.353 e. The van der Waals surface area contributed by atoms with Crippen LogP contribution >= 0.6 is 11.8 Å². The number of carboxylic acid groups (broad SMARTS) is 1. The van der Waals surface area contributed by atoms with Crippen LogP contribution in [0, 0.1) is 23.2 Å². The molecule has 4 fully saturated rings. The van der Waals surface area contributed by atoms with E-state index in [4.69, 9.17) is 0 Å². The van der Waals surface area contributed by atoms with Crippen LogP contribution in [0.1, 0.15) is 33.1 Å². The highest BCUT2D eigenvalue weighted by atomic mass is 32.2. The highest BCUT2D eigenvalue weighted by Gasteiger charge is 2.60. The van der Waals surface area contributed by atoms with Crippen molar-refractivity contribution in [3.05, 3.63) is 16.9 Å². The maximum absolute atomic E-state index is 13.2. The molecule has 2 amide bonds. The summed E-state index contributed by atoms with van der Waals surface area (Å²) in [6, 6.07) is -0.556. The molecule has 5 aliphatic heterocycles. The van der Waals surface area contributed by atoms with Gasteiger partial charge in [-0.15, -0.1) is 16.9 Å². The third kappa shape index (κ3) is 4.55. The molecule has 3 N–H and O–H groups in total. The molecule has 5 aliphatic rings. The van der Waals surface area contributed by atoms with Gasteiger partial charge in [-0.3, -0.25) is 14.4 Å². The number of aromatic nitrogens is 4. The van der Waals surface area contributed by atoms with Gasteiger partial charge in [-0.2, -0.15) is 0 Å². The number of fused-ring (bicyclic) bond motifs is 1. The summed E-state index contributed by atoms with van der Waals surface area (Å²) in [6.45, 7) is 8.01. The molecule has 4 saturated heterocycles. The fourth-order valence-corrected chi connectivity index (χ4v) is 8.50. The van der Waals surface area contributed by atoms with Gasteiger partial charge in [0.05, 0.1) is 18.0 Å². The Morgan fingerprint density at radius 1 is 1.31 bits per heavy atom.